The maximum absolute atomic E-state index is 11.4. The summed E-state index contributed by atoms with van der Waals surface area (Å²) in [7, 11) is 0. The third kappa shape index (κ3) is 2.10. The summed E-state index contributed by atoms with van der Waals surface area (Å²) in [5.41, 5.74) is -0.0513. The molecule has 1 amide bonds. The average Bonchev–Trinajstić information content (AvgIpc) is 2.77. The highest BCUT2D eigenvalue weighted by atomic mass is 16.2. The molecule has 2 aliphatic rings. The van der Waals surface area contributed by atoms with Crippen LogP contribution in [0.5, 0.6) is 0 Å². The Morgan fingerprint density at radius 1 is 1.44 bits per heavy atom. The highest BCUT2D eigenvalue weighted by molar-refractivity contribution is 5.81. The van der Waals surface area contributed by atoms with E-state index in [1.807, 2.05) is 0 Å². The van der Waals surface area contributed by atoms with Crippen molar-refractivity contribution in [3.05, 3.63) is 0 Å². The van der Waals surface area contributed by atoms with Crippen LogP contribution in [0.4, 0.5) is 0 Å². The third-order valence-electron chi connectivity index (χ3n) is 4.36. The monoisotopic (exact) mass is 224 g/mol. The van der Waals surface area contributed by atoms with Crippen molar-refractivity contribution in [2.75, 3.05) is 6.54 Å². The van der Waals surface area contributed by atoms with Gasteiger partial charge in [-0.2, -0.15) is 0 Å². The molecule has 0 bridgehead atoms. The molecule has 1 heterocycles. The van der Waals surface area contributed by atoms with Gasteiger partial charge in [0.1, 0.15) is 0 Å². The summed E-state index contributed by atoms with van der Waals surface area (Å²) in [5.74, 6) is 1.54. The SMILES string of the molecule is CCCCCC1C(C)CCC12NCC(=O)N2. The lowest BCUT2D eigenvalue weighted by molar-refractivity contribution is -0.119. The summed E-state index contributed by atoms with van der Waals surface area (Å²) >= 11 is 0. The first kappa shape index (κ1) is 11.9. The highest BCUT2D eigenvalue weighted by Gasteiger charge is 2.49. The van der Waals surface area contributed by atoms with Crippen LogP contribution in [0, 0.1) is 11.8 Å². The van der Waals surface area contributed by atoms with Crippen molar-refractivity contribution in [2.45, 2.75) is 58.0 Å². The molecule has 0 aromatic rings. The molecule has 3 unspecified atom stereocenters. The molecule has 2 fully saturated rings. The summed E-state index contributed by atoms with van der Waals surface area (Å²) in [5, 5.41) is 6.62. The van der Waals surface area contributed by atoms with E-state index in [4.69, 9.17) is 0 Å². The van der Waals surface area contributed by atoms with E-state index >= 15 is 0 Å². The topological polar surface area (TPSA) is 41.1 Å². The Kier molecular flexibility index (Phi) is 3.53. The van der Waals surface area contributed by atoms with Crippen molar-refractivity contribution in [1.29, 1.82) is 0 Å². The molecule has 1 aliphatic heterocycles. The van der Waals surface area contributed by atoms with Gasteiger partial charge < -0.3 is 5.32 Å². The summed E-state index contributed by atoms with van der Waals surface area (Å²) in [6.07, 6.45) is 7.48. The Balaban J connectivity index is 1.98. The maximum Gasteiger partial charge on any atom is 0.235 e. The second-order valence-corrected chi connectivity index (χ2v) is 5.49. The van der Waals surface area contributed by atoms with E-state index in [0.717, 1.165) is 12.3 Å². The van der Waals surface area contributed by atoms with Gasteiger partial charge in [-0.15, -0.1) is 0 Å². The summed E-state index contributed by atoms with van der Waals surface area (Å²) in [4.78, 5) is 11.4. The van der Waals surface area contributed by atoms with E-state index in [1.54, 1.807) is 0 Å². The number of hydrogen-bond acceptors (Lipinski definition) is 2. The van der Waals surface area contributed by atoms with Crippen molar-refractivity contribution in [2.24, 2.45) is 11.8 Å². The van der Waals surface area contributed by atoms with Crippen molar-refractivity contribution >= 4 is 5.91 Å². The Hall–Kier alpha value is -0.570. The Morgan fingerprint density at radius 3 is 2.88 bits per heavy atom. The van der Waals surface area contributed by atoms with Crippen LogP contribution in [0.1, 0.15) is 52.4 Å². The lowest BCUT2D eigenvalue weighted by atomic mass is 9.86. The molecule has 3 heteroatoms. The molecule has 3 atom stereocenters. The minimum absolute atomic E-state index is 0.0513. The largest absolute Gasteiger partial charge is 0.337 e. The minimum atomic E-state index is -0.0513. The highest BCUT2D eigenvalue weighted by Crippen LogP contribution is 2.42. The third-order valence-corrected chi connectivity index (χ3v) is 4.36. The average molecular weight is 224 g/mol. The lowest BCUT2D eigenvalue weighted by Crippen LogP contribution is -2.53. The molecule has 0 radical (unpaired) electrons. The first-order valence-corrected chi connectivity index (χ1v) is 6.74. The zero-order valence-electron chi connectivity index (χ0n) is 10.5. The number of nitrogens with one attached hydrogen (secondary N) is 2. The van der Waals surface area contributed by atoms with E-state index in [1.165, 1.54) is 32.1 Å². The molecule has 1 saturated carbocycles. The molecule has 2 rings (SSSR count). The van der Waals surface area contributed by atoms with Crippen molar-refractivity contribution in [3.8, 4) is 0 Å². The molecule has 3 nitrogen and oxygen atoms in total. The van der Waals surface area contributed by atoms with Crippen LogP contribution in [0.25, 0.3) is 0 Å². The van der Waals surface area contributed by atoms with E-state index in [9.17, 15) is 4.79 Å². The van der Waals surface area contributed by atoms with Gasteiger partial charge in [-0.05, 0) is 31.1 Å². The van der Waals surface area contributed by atoms with Crippen LogP contribution in [-0.4, -0.2) is 18.1 Å². The van der Waals surface area contributed by atoms with Crippen LogP contribution in [0.2, 0.25) is 0 Å². The molecule has 1 aliphatic carbocycles. The maximum atomic E-state index is 11.4. The van der Waals surface area contributed by atoms with Gasteiger partial charge in [-0.25, -0.2) is 0 Å². The predicted octanol–water partition coefficient (Wildman–Crippen LogP) is 2.03. The normalized spacial score (nSPS) is 38.2. The smallest absolute Gasteiger partial charge is 0.235 e. The first-order chi connectivity index (χ1) is 7.68. The molecular formula is C13H24N2O. The molecule has 0 aromatic heterocycles. The number of rotatable bonds is 4. The van der Waals surface area contributed by atoms with Crippen LogP contribution < -0.4 is 10.6 Å². The fourth-order valence-corrected chi connectivity index (χ4v) is 3.42. The molecule has 0 aromatic carbocycles. The van der Waals surface area contributed by atoms with E-state index in [2.05, 4.69) is 24.5 Å². The fraction of sp³-hybridized carbons (Fsp3) is 0.923. The zero-order valence-corrected chi connectivity index (χ0v) is 10.5. The standard InChI is InChI=1S/C13H24N2O/c1-3-4-5-6-11-10(2)7-8-13(11)14-9-12(16)15-13/h10-11,14H,3-9H2,1-2H3,(H,15,16). The van der Waals surface area contributed by atoms with Crippen LogP contribution in [-0.2, 0) is 4.79 Å². The van der Waals surface area contributed by atoms with Gasteiger partial charge in [0.15, 0.2) is 0 Å². The predicted molar refractivity (Wildman–Crippen MR) is 64.9 cm³/mol. The molecule has 1 saturated heterocycles. The van der Waals surface area contributed by atoms with Gasteiger partial charge in [0.2, 0.25) is 5.91 Å². The molecule has 92 valence electrons. The zero-order chi connectivity index (χ0) is 11.6. The number of carbonyl (C=O) groups excluding carboxylic acids is 1. The van der Waals surface area contributed by atoms with Gasteiger partial charge in [0.05, 0.1) is 12.2 Å². The van der Waals surface area contributed by atoms with Gasteiger partial charge >= 0.3 is 0 Å². The molecular weight excluding hydrogens is 200 g/mol. The number of unbranched alkanes of at least 4 members (excludes halogenated alkanes) is 2. The quantitative estimate of drug-likeness (QED) is 0.717. The van der Waals surface area contributed by atoms with Crippen LogP contribution in [0.15, 0.2) is 0 Å². The number of amides is 1. The summed E-state index contributed by atoms with van der Waals surface area (Å²) in [6, 6.07) is 0. The molecule has 16 heavy (non-hydrogen) atoms. The summed E-state index contributed by atoms with van der Waals surface area (Å²) in [6.45, 7) is 5.08. The lowest BCUT2D eigenvalue weighted by Gasteiger charge is -2.33. The number of carbonyl (C=O) groups is 1. The second-order valence-electron chi connectivity index (χ2n) is 5.49. The number of hydrogen-bond donors (Lipinski definition) is 2. The van der Waals surface area contributed by atoms with Crippen molar-refractivity contribution < 1.29 is 4.79 Å². The Bertz CT molecular complexity index is 267. The molecule has 1 spiro atoms. The molecule has 2 N–H and O–H groups in total. The Labute approximate surface area is 98.4 Å². The fourth-order valence-electron chi connectivity index (χ4n) is 3.42. The van der Waals surface area contributed by atoms with E-state index in [-0.39, 0.29) is 11.6 Å². The second kappa shape index (κ2) is 4.74. The van der Waals surface area contributed by atoms with Gasteiger partial charge in [0.25, 0.3) is 0 Å². The van der Waals surface area contributed by atoms with Crippen LogP contribution >= 0.6 is 0 Å². The Morgan fingerprint density at radius 2 is 2.25 bits per heavy atom. The van der Waals surface area contributed by atoms with Gasteiger partial charge in [0, 0.05) is 0 Å². The first-order valence-electron chi connectivity index (χ1n) is 6.74. The van der Waals surface area contributed by atoms with Gasteiger partial charge in [-0.1, -0.05) is 33.1 Å². The van der Waals surface area contributed by atoms with Crippen molar-refractivity contribution in [3.63, 3.8) is 0 Å². The van der Waals surface area contributed by atoms with E-state index in [0.29, 0.717) is 12.5 Å². The minimum Gasteiger partial charge on any atom is -0.337 e. The van der Waals surface area contributed by atoms with E-state index < -0.39 is 0 Å². The van der Waals surface area contributed by atoms with Gasteiger partial charge in [-0.3, -0.25) is 10.1 Å². The van der Waals surface area contributed by atoms with Crippen molar-refractivity contribution in [1.82, 2.24) is 10.6 Å². The van der Waals surface area contributed by atoms with Crippen LogP contribution in [0.3, 0.4) is 0 Å². The summed E-state index contributed by atoms with van der Waals surface area (Å²) < 4.78 is 0.